The third kappa shape index (κ3) is 1.80. The predicted molar refractivity (Wildman–Crippen MR) is 79.5 cm³/mol. The Kier molecular flexibility index (Phi) is 3.34. The fourth-order valence-electron chi connectivity index (χ4n) is 2.85. The van der Waals surface area contributed by atoms with Crippen LogP contribution in [0.5, 0.6) is 0 Å². The predicted octanol–water partition coefficient (Wildman–Crippen LogP) is 0.956. The van der Waals surface area contributed by atoms with E-state index in [1.54, 1.807) is 0 Å². The summed E-state index contributed by atoms with van der Waals surface area (Å²) in [5, 5.41) is 3.10. The summed E-state index contributed by atoms with van der Waals surface area (Å²) in [6.07, 6.45) is 0. The molecule has 1 N–H and O–H groups in total. The van der Waals surface area contributed by atoms with Gasteiger partial charge in [0.1, 0.15) is 12.6 Å². The summed E-state index contributed by atoms with van der Waals surface area (Å²) < 4.78 is 2.20. The molecule has 2 nitrogen and oxygen atoms in total. The monoisotopic (exact) mass is 394 g/mol. The van der Waals surface area contributed by atoms with Crippen LogP contribution in [0.4, 0.5) is 0 Å². The SMILES string of the molecule is C[n+]1c2ccccc2cc2[nH]c3cccc(Cl)c3c21.[I-]. The van der Waals surface area contributed by atoms with Gasteiger partial charge in [0.15, 0.2) is 0 Å². The lowest BCUT2D eigenvalue weighted by atomic mass is 10.1. The summed E-state index contributed by atoms with van der Waals surface area (Å²) in [6, 6.07) is 16.5. The maximum Gasteiger partial charge on any atom is 0.240 e. The van der Waals surface area contributed by atoms with E-state index in [-0.39, 0.29) is 24.0 Å². The molecule has 0 fully saturated rings. The largest absolute Gasteiger partial charge is 1.00 e. The minimum absolute atomic E-state index is 0. The number of aryl methyl sites for hydroxylation is 1. The van der Waals surface area contributed by atoms with Crippen LogP contribution in [-0.2, 0) is 7.05 Å². The van der Waals surface area contributed by atoms with Crippen molar-refractivity contribution in [2.75, 3.05) is 0 Å². The van der Waals surface area contributed by atoms with Crippen LogP contribution in [0.15, 0.2) is 48.5 Å². The van der Waals surface area contributed by atoms with Crippen molar-refractivity contribution in [1.29, 1.82) is 0 Å². The fourth-order valence-corrected chi connectivity index (χ4v) is 3.12. The van der Waals surface area contributed by atoms with E-state index in [0.29, 0.717) is 0 Å². The summed E-state index contributed by atoms with van der Waals surface area (Å²) in [6.45, 7) is 0. The number of hydrogen-bond donors (Lipinski definition) is 1. The van der Waals surface area contributed by atoms with Gasteiger partial charge in [0, 0.05) is 11.5 Å². The first-order valence-electron chi connectivity index (χ1n) is 6.23. The molecule has 4 heteroatoms. The first kappa shape index (κ1) is 13.6. The van der Waals surface area contributed by atoms with E-state index >= 15 is 0 Å². The van der Waals surface area contributed by atoms with Crippen molar-refractivity contribution in [2.45, 2.75) is 0 Å². The molecule has 0 aliphatic rings. The van der Waals surface area contributed by atoms with Crippen LogP contribution in [0, 0.1) is 0 Å². The second kappa shape index (κ2) is 4.90. The highest BCUT2D eigenvalue weighted by Gasteiger charge is 2.18. The first-order chi connectivity index (χ1) is 9.25. The Balaban J connectivity index is 0.00000121. The molecule has 100 valence electrons. The second-order valence-corrected chi connectivity index (χ2v) is 5.22. The van der Waals surface area contributed by atoms with E-state index in [1.165, 1.54) is 10.9 Å². The summed E-state index contributed by atoms with van der Waals surface area (Å²) >= 11 is 6.37. The molecular weight excluding hydrogens is 383 g/mol. The minimum Gasteiger partial charge on any atom is -1.00 e. The number of nitrogens with zero attached hydrogens (tertiary/aromatic N) is 1. The van der Waals surface area contributed by atoms with Gasteiger partial charge in [-0.3, -0.25) is 0 Å². The summed E-state index contributed by atoms with van der Waals surface area (Å²) in [4.78, 5) is 3.45. The van der Waals surface area contributed by atoms with Crippen molar-refractivity contribution in [3.63, 3.8) is 0 Å². The number of aromatic nitrogens is 2. The lowest BCUT2D eigenvalue weighted by molar-refractivity contribution is -0.616. The van der Waals surface area contributed by atoms with Crippen molar-refractivity contribution >= 4 is 44.4 Å². The number of aromatic amines is 1. The molecule has 0 spiro atoms. The Morgan fingerprint density at radius 3 is 2.65 bits per heavy atom. The topological polar surface area (TPSA) is 19.7 Å². The average Bonchev–Trinajstić information content (AvgIpc) is 2.79. The van der Waals surface area contributed by atoms with Crippen LogP contribution in [0.3, 0.4) is 0 Å². The van der Waals surface area contributed by atoms with Gasteiger partial charge in [0.05, 0.1) is 15.9 Å². The van der Waals surface area contributed by atoms with E-state index in [0.717, 1.165) is 27.0 Å². The summed E-state index contributed by atoms with van der Waals surface area (Å²) in [5.74, 6) is 0. The first-order valence-corrected chi connectivity index (χ1v) is 6.61. The number of rotatable bonds is 0. The molecule has 2 heterocycles. The van der Waals surface area contributed by atoms with E-state index in [4.69, 9.17) is 11.6 Å². The maximum absolute atomic E-state index is 6.37. The molecule has 0 aliphatic heterocycles. The van der Waals surface area contributed by atoms with Gasteiger partial charge in [0.25, 0.3) is 0 Å². The number of pyridine rings is 1. The lowest BCUT2D eigenvalue weighted by Gasteiger charge is -1.98. The Hall–Kier alpha value is -1.33. The van der Waals surface area contributed by atoms with Gasteiger partial charge in [-0.2, -0.15) is 4.57 Å². The number of benzene rings is 2. The van der Waals surface area contributed by atoms with Crippen LogP contribution in [0.25, 0.3) is 32.8 Å². The molecule has 20 heavy (non-hydrogen) atoms. The van der Waals surface area contributed by atoms with Gasteiger partial charge in [-0.15, -0.1) is 0 Å². The number of para-hydroxylation sites is 1. The quantitative estimate of drug-likeness (QED) is 0.339. The highest BCUT2D eigenvalue weighted by Crippen LogP contribution is 2.30. The normalized spacial score (nSPS) is 11.1. The standard InChI is InChI=1S/C16H11ClN2.HI/c1-19-14-8-3-2-5-10(14)9-13-16(19)15-11(17)6-4-7-12(15)18-13;/h2-9H,1H3;1H. The Labute approximate surface area is 138 Å². The molecule has 0 saturated heterocycles. The highest BCUT2D eigenvalue weighted by molar-refractivity contribution is 6.37. The Bertz CT molecular complexity index is 943. The number of halogens is 2. The van der Waals surface area contributed by atoms with Gasteiger partial charge in [0.2, 0.25) is 11.0 Å². The summed E-state index contributed by atoms with van der Waals surface area (Å²) in [7, 11) is 2.08. The molecule has 0 radical (unpaired) electrons. The molecule has 0 unspecified atom stereocenters. The third-order valence-corrected chi connectivity index (χ3v) is 4.02. The molecule has 0 saturated carbocycles. The maximum atomic E-state index is 6.37. The molecule has 2 aromatic heterocycles. The van der Waals surface area contributed by atoms with Crippen LogP contribution in [0.1, 0.15) is 0 Å². The molecule has 4 rings (SSSR count). The zero-order valence-corrected chi connectivity index (χ0v) is 13.7. The van der Waals surface area contributed by atoms with E-state index in [9.17, 15) is 0 Å². The number of hydrogen-bond acceptors (Lipinski definition) is 0. The van der Waals surface area contributed by atoms with Crippen LogP contribution < -0.4 is 28.5 Å². The molecule has 2 aromatic carbocycles. The van der Waals surface area contributed by atoms with E-state index in [1.807, 2.05) is 12.1 Å². The molecular formula is C16H12ClIN2. The van der Waals surface area contributed by atoms with Gasteiger partial charge in [-0.1, -0.05) is 29.8 Å². The zero-order chi connectivity index (χ0) is 13.0. The van der Waals surface area contributed by atoms with Crippen molar-refractivity contribution in [3.05, 3.63) is 53.6 Å². The lowest BCUT2D eigenvalue weighted by Crippen LogP contribution is -3.00. The molecule has 0 amide bonds. The van der Waals surface area contributed by atoms with Crippen molar-refractivity contribution < 1.29 is 28.5 Å². The van der Waals surface area contributed by atoms with E-state index in [2.05, 4.69) is 53.0 Å². The number of H-pyrrole nitrogens is 1. The van der Waals surface area contributed by atoms with Crippen molar-refractivity contribution in [1.82, 2.24) is 4.98 Å². The minimum atomic E-state index is 0. The molecule has 4 aromatic rings. The van der Waals surface area contributed by atoms with Gasteiger partial charge < -0.3 is 29.0 Å². The number of nitrogens with one attached hydrogen (secondary N) is 1. The van der Waals surface area contributed by atoms with Gasteiger partial charge in [-0.25, -0.2) is 0 Å². The van der Waals surface area contributed by atoms with Gasteiger partial charge >= 0.3 is 0 Å². The van der Waals surface area contributed by atoms with Crippen LogP contribution >= 0.6 is 11.6 Å². The molecule has 0 aliphatic carbocycles. The second-order valence-electron chi connectivity index (χ2n) is 4.81. The van der Waals surface area contributed by atoms with Gasteiger partial charge in [-0.05, 0) is 24.3 Å². The highest BCUT2D eigenvalue weighted by atomic mass is 127. The van der Waals surface area contributed by atoms with E-state index < -0.39 is 0 Å². The zero-order valence-electron chi connectivity index (χ0n) is 10.8. The third-order valence-electron chi connectivity index (χ3n) is 3.71. The average molecular weight is 395 g/mol. The Morgan fingerprint density at radius 2 is 1.80 bits per heavy atom. The fraction of sp³-hybridized carbons (Fsp3) is 0.0625. The van der Waals surface area contributed by atoms with Crippen LogP contribution in [-0.4, -0.2) is 4.98 Å². The smallest absolute Gasteiger partial charge is 0.240 e. The summed E-state index contributed by atoms with van der Waals surface area (Å²) in [5.41, 5.74) is 4.55. The van der Waals surface area contributed by atoms with Crippen molar-refractivity contribution in [3.8, 4) is 0 Å². The molecule has 0 bridgehead atoms. The van der Waals surface area contributed by atoms with Crippen molar-refractivity contribution in [2.24, 2.45) is 7.05 Å². The Morgan fingerprint density at radius 1 is 1.00 bits per heavy atom. The van der Waals surface area contributed by atoms with Crippen LogP contribution in [0.2, 0.25) is 5.02 Å². The molecule has 0 atom stereocenters. The number of fused-ring (bicyclic) bond motifs is 4.